The fourth-order valence-electron chi connectivity index (χ4n) is 6.22. The van der Waals surface area contributed by atoms with Crippen molar-refractivity contribution < 1.29 is 0 Å². The summed E-state index contributed by atoms with van der Waals surface area (Å²) in [6.45, 7) is 18.4. The Balaban J connectivity index is 1.84. The normalized spacial score (nSPS) is 12.6. The maximum absolute atomic E-state index is 3.95. The van der Waals surface area contributed by atoms with E-state index in [0.29, 0.717) is 0 Å². The van der Waals surface area contributed by atoms with Crippen LogP contribution in [-0.4, -0.2) is 0 Å². The van der Waals surface area contributed by atoms with Crippen molar-refractivity contribution in [2.75, 3.05) is 0 Å². The van der Waals surface area contributed by atoms with Gasteiger partial charge in [-0.15, -0.1) is 0 Å². The fourth-order valence-corrected chi connectivity index (χ4v) is 6.22. The quantitative estimate of drug-likeness (QED) is 0.179. The molecule has 0 saturated heterocycles. The first-order chi connectivity index (χ1) is 20.0. The van der Waals surface area contributed by atoms with Crippen molar-refractivity contribution in [1.29, 1.82) is 0 Å². The van der Waals surface area contributed by atoms with Gasteiger partial charge in [0.1, 0.15) is 0 Å². The molecule has 1 aliphatic rings. The van der Waals surface area contributed by atoms with Gasteiger partial charge in [0.05, 0.1) is 0 Å². The average Bonchev–Trinajstić information content (AvgIpc) is 3.34. The Kier molecular flexibility index (Phi) is 8.66. The molecule has 217 valence electrons. The van der Waals surface area contributed by atoms with E-state index in [1.807, 2.05) is 0 Å². The number of benzene rings is 4. The molecule has 0 heterocycles. The van der Waals surface area contributed by atoms with Gasteiger partial charge in [0, 0.05) is 0 Å². The van der Waals surface area contributed by atoms with Crippen LogP contribution >= 0.6 is 0 Å². The predicted molar refractivity (Wildman–Crippen MR) is 183 cm³/mol. The van der Waals surface area contributed by atoms with E-state index in [0.717, 1.165) is 12.8 Å². The first-order valence-corrected chi connectivity index (χ1v) is 16.2. The molecule has 1 radical (unpaired) electrons. The van der Waals surface area contributed by atoms with Crippen LogP contribution in [0.2, 0.25) is 0 Å². The average molecular weight is 554 g/mol. The summed E-state index contributed by atoms with van der Waals surface area (Å²) in [5.74, 6) is 0. The maximum atomic E-state index is 3.95. The van der Waals surface area contributed by atoms with Crippen LogP contribution < -0.4 is 10.4 Å². The monoisotopic (exact) mass is 553 g/mol. The molecule has 0 saturated carbocycles. The van der Waals surface area contributed by atoms with Crippen LogP contribution in [-0.2, 0) is 23.7 Å². The van der Waals surface area contributed by atoms with Gasteiger partial charge >= 0.3 is 0 Å². The Labute approximate surface area is 255 Å². The number of aryl methyl sites for hydroxylation is 2. The number of hydrogen-bond acceptors (Lipinski definition) is 0. The zero-order chi connectivity index (χ0) is 30.1. The Morgan fingerprint density at radius 1 is 0.595 bits per heavy atom. The van der Waals surface area contributed by atoms with E-state index in [1.165, 1.54) is 91.8 Å². The highest BCUT2D eigenvalue weighted by Gasteiger charge is 2.24. The molecule has 0 spiro atoms. The summed E-state index contributed by atoms with van der Waals surface area (Å²) < 4.78 is 0. The van der Waals surface area contributed by atoms with Gasteiger partial charge in [-0.25, -0.2) is 0 Å². The van der Waals surface area contributed by atoms with E-state index in [9.17, 15) is 0 Å². The molecule has 42 heavy (non-hydrogen) atoms. The molecule has 0 N–H and O–H groups in total. The van der Waals surface area contributed by atoms with Crippen LogP contribution in [0, 0.1) is 0 Å². The molecule has 0 nitrogen and oxygen atoms in total. The van der Waals surface area contributed by atoms with Gasteiger partial charge in [-0.05, 0) is 115 Å². The van der Waals surface area contributed by atoms with Crippen LogP contribution in [0.5, 0.6) is 0 Å². The van der Waals surface area contributed by atoms with E-state index >= 15 is 0 Å². The van der Waals surface area contributed by atoms with Crippen molar-refractivity contribution in [2.24, 2.45) is 0 Å². The standard InChI is InChI=1S/C42H49/c1-9-11-13-29-15-19-31(20-16-29)39(32-21-17-30(18-22-32)14-12-10-2)40-37-28-33-27-34(41(3,4)5)23-24-35(33)36(37)25-26-38(40)42(6,7)8/h15-27H,9-14H2,1-8H3. The Morgan fingerprint density at radius 2 is 1.12 bits per heavy atom. The molecule has 0 amide bonds. The predicted octanol–water partition coefficient (Wildman–Crippen LogP) is 9.90. The van der Waals surface area contributed by atoms with E-state index < -0.39 is 0 Å². The topological polar surface area (TPSA) is 0 Å². The second kappa shape index (κ2) is 12.1. The number of rotatable bonds is 8. The van der Waals surface area contributed by atoms with Gasteiger partial charge in [0.2, 0.25) is 0 Å². The molecule has 0 fully saturated rings. The molecule has 0 heteroatoms. The van der Waals surface area contributed by atoms with Crippen molar-refractivity contribution in [1.82, 2.24) is 0 Å². The van der Waals surface area contributed by atoms with E-state index in [-0.39, 0.29) is 10.8 Å². The van der Waals surface area contributed by atoms with Crippen molar-refractivity contribution in [3.8, 4) is 11.1 Å². The molecule has 4 aromatic carbocycles. The molecular weight excluding hydrogens is 504 g/mol. The first-order valence-electron chi connectivity index (χ1n) is 16.2. The third-order valence-corrected chi connectivity index (χ3v) is 8.82. The van der Waals surface area contributed by atoms with Gasteiger partial charge < -0.3 is 0 Å². The summed E-state index contributed by atoms with van der Waals surface area (Å²) in [6, 6.07) is 30.5. The van der Waals surface area contributed by atoms with Crippen LogP contribution in [0.25, 0.3) is 22.8 Å². The Morgan fingerprint density at radius 3 is 1.60 bits per heavy atom. The van der Waals surface area contributed by atoms with Crippen molar-refractivity contribution in [3.05, 3.63) is 128 Å². The third-order valence-electron chi connectivity index (χ3n) is 8.82. The minimum Gasteiger partial charge on any atom is -0.0654 e. The molecule has 1 aliphatic carbocycles. The van der Waals surface area contributed by atoms with E-state index in [1.54, 1.807) is 0 Å². The summed E-state index contributed by atoms with van der Waals surface area (Å²) in [4.78, 5) is 0. The second-order valence-corrected chi connectivity index (χ2v) is 14.3. The lowest BCUT2D eigenvalue weighted by molar-refractivity contribution is 0.585. The summed E-state index contributed by atoms with van der Waals surface area (Å²) in [5, 5.41) is 2.57. The molecule has 4 aromatic rings. The van der Waals surface area contributed by atoms with Crippen LogP contribution in [0.3, 0.4) is 0 Å². The van der Waals surface area contributed by atoms with Crippen LogP contribution in [0.1, 0.15) is 120 Å². The maximum Gasteiger partial charge on any atom is -0.000719 e. The van der Waals surface area contributed by atoms with E-state index in [2.05, 4.69) is 140 Å². The molecule has 0 unspecified atom stereocenters. The SMILES string of the molecule is CCCCc1ccc(C(c2ccc(CCCC)cc2)=c2c(C(C)(C)C)ccc3c2=[C]c2cc(C(C)(C)C)ccc2-3)cc1. The first kappa shape index (κ1) is 30.1. The van der Waals surface area contributed by atoms with E-state index in [4.69, 9.17) is 0 Å². The third kappa shape index (κ3) is 6.19. The highest BCUT2D eigenvalue weighted by molar-refractivity contribution is 5.87. The molecule has 5 rings (SSSR count). The lowest BCUT2D eigenvalue weighted by Gasteiger charge is -2.23. The van der Waals surface area contributed by atoms with Gasteiger partial charge in [-0.1, -0.05) is 141 Å². The smallest absolute Gasteiger partial charge is 0.000719 e. The highest BCUT2D eigenvalue weighted by atomic mass is 14.3. The zero-order valence-corrected chi connectivity index (χ0v) is 27.2. The van der Waals surface area contributed by atoms with Crippen LogP contribution in [0.15, 0.2) is 78.9 Å². The van der Waals surface area contributed by atoms with Gasteiger partial charge in [0.25, 0.3) is 0 Å². The minimum absolute atomic E-state index is 0.0230. The number of unbranched alkanes of at least 4 members (excludes halogenated alkanes) is 2. The zero-order valence-electron chi connectivity index (χ0n) is 27.2. The lowest BCUT2D eigenvalue weighted by Crippen LogP contribution is -2.37. The van der Waals surface area contributed by atoms with Crippen molar-refractivity contribution in [3.63, 3.8) is 0 Å². The van der Waals surface area contributed by atoms with Crippen molar-refractivity contribution in [2.45, 2.75) is 105 Å². The second-order valence-electron chi connectivity index (χ2n) is 14.3. The molecule has 0 aromatic heterocycles. The highest BCUT2D eigenvalue weighted by Crippen LogP contribution is 2.33. The number of hydrogen-bond donors (Lipinski definition) is 0. The van der Waals surface area contributed by atoms with Crippen molar-refractivity contribution >= 4 is 11.6 Å². The summed E-state index contributed by atoms with van der Waals surface area (Å²) >= 11 is 0. The molecule has 0 atom stereocenters. The van der Waals surface area contributed by atoms with Gasteiger partial charge in [-0.2, -0.15) is 0 Å². The fraction of sp³-hybridized carbons (Fsp3) is 0.381. The van der Waals surface area contributed by atoms with Gasteiger partial charge in [0.15, 0.2) is 0 Å². The largest absolute Gasteiger partial charge is 0.0654 e. The van der Waals surface area contributed by atoms with Crippen LogP contribution in [0.4, 0.5) is 0 Å². The summed E-state index contributed by atoms with van der Waals surface area (Å²) in [5.41, 5.74) is 13.3. The Bertz CT molecular complexity index is 1610. The molecular formula is C42H49. The summed E-state index contributed by atoms with van der Waals surface area (Å²) in [6.07, 6.45) is 11.1. The molecule has 0 bridgehead atoms. The Hall–Kier alpha value is -3.38. The lowest BCUT2D eigenvalue weighted by atomic mass is 9.81. The summed E-state index contributed by atoms with van der Waals surface area (Å²) in [7, 11) is 0. The van der Waals surface area contributed by atoms with Gasteiger partial charge in [-0.3, -0.25) is 0 Å². The number of fused-ring (bicyclic) bond motifs is 3. The molecule has 0 aliphatic heterocycles. The minimum atomic E-state index is -0.0230.